The Kier molecular flexibility index (Phi) is 5.23. The number of fused-ring (bicyclic) bond motifs is 1. The minimum Gasteiger partial charge on any atom is -0.466 e. The normalized spacial score (nSPS) is 10.8. The van der Waals surface area contributed by atoms with E-state index in [9.17, 15) is 9.59 Å². The summed E-state index contributed by atoms with van der Waals surface area (Å²) in [6.45, 7) is 2.25. The van der Waals surface area contributed by atoms with Gasteiger partial charge in [-0.15, -0.1) is 0 Å². The molecule has 0 saturated carbocycles. The van der Waals surface area contributed by atoms with Crippen LogP contribution in [0, 0.1) is 0 Å². The number of nitrogens with zero attached hydrogens (tertiary/aromatic N) is 2. The van der Waals surface area contributed by atoms with E-state index in [2.05, 4.69) is 5.10 Å². The zero-order chi connectivity index (χ0) is 17.6. The molecular formula is C20H20N2O3. The van der Waals surface area contributed by atoms with Gasteiger partial charge in [0.05, 0.1) is 17.7 Å². The van der Waals surface area contributed by atoms with Gasteiger partial charge in [0.15, 0.2) is 0 Å². The highest BCUT2D eigenvalue weighted by Gasteiger charge is 2.11. The van der Waals surface area contributed by atoms with E-state index in [0.29, 0.717) is 31.4 Å². The number of ether oxygens (including phenoxy) is 1. The molecule has 3 aromatic rings. The van der Waals surface area contributed by atoms with E-state index in [1.807, 2.05) is 54.6 Å². The van der Waals surface area contributed by atoms with Gasteiger partial charge in [-0.05, 0) is 18.9 Å². The van der Waals surface area contributed by atoms with Crippen molar-refractivity contribution in [2.45, 2.75) is 26.3 Å². The molecule has 3 rings (SSSR count). The van der Waals surface area contributed by atoms with Gasteiger partial charge in [-0.25, -0.2) is 4.68 Å². The van der Waals surface area contributed by atoms with Crippen LogP contribution in [0.4, 0.5) is 0 Å². The lowest BCUT2D eigenvalue weighted by Crippen LogP contribution is -2.24. The van der Waals surface area contributed by atoms with Crippen molar-refractivity contribution < 1.29 is 9.53 Å². The zero-order valence-electron chi connectivity index (χ0n) is 14.1. The van der Waals surface area contributed by atoms with Gasteiger partial charge in [0.2, 0.25) is 0 Å². The topological polar surface area (TPSA) is 61.2 Å². The minimum absolute atomic E-state index is 0.0947. The first kappa shape index (κ1) is 16.9. The second-order valence-corrected chi connectivity index (χ2v) is 5.84. The molecule has 5 heteroatoms. The van der Waals surface area contributed by atoms with Crippen LogP contribution in [0.5, 0.6) is 0 Å². The molecule has 0 amide bonds. The molecule has 0 aliphatic heterocycles. The van der Waals surface area contributed by atoms with Gasteiger partial charge in [0.1, 0.15) is 0 Å². The monoisotopic (exact) mass is 336 g/mol. The van der Waals surface area contributed by atoms with Crippen LogP contribution in [-0.4, -0.2) is 22.4 Å². The maximum absolute atomic E-state index is 12.7. The van der Waals surface area contributed by atoms with E-state index in [4.69, 9.17) is 4.74 Å². The number of carbonyl (C=O) groups excluding carboxylic acids is 1. The molecule has 1 heterocycles. The summed E-state index contributed by atoms with van der Waals surface area (Å²) < 4.78 is 6.44. The molecule has 0 bridgehead atoms. The second-order valence-electron chi connectivity index (χ2n) is 5.84. The van der Waals surface area contributed by atoms with Crippen molar-refractivity contribution in [1.29, 1.82) is 0 Å². The van der Waals surface area contributed by atoms with Gasteiger partial charge in [-0.1, -0.05) is 48.5 Å². The fourth-order valence-electron chi connectivity index (χ4n) is 2.78. The van der Waals surface area contributed by atoms with Crippen molar-refractivity contribution in [2.75, 3.05) is 6.61 Å². The van der Waals surface area contributed by atoms with Crippen LogP contribution in [0.1, 0.15) is 19.8 Å². The third kappa shape index (κ3) is 3.94. The van der Waals surface area contributed by atoms with Crippen molar-refractivity contribution in [2.24, 2.45) is 0 Å². The van der Waals surface area contributed by atoms with Gasteiger partial charge >= 0.3 is 5.97 Å². The molecule has 0 saturated heterocycles. The highest BCUT2D eigenvalue weighted by molar-refractivity contribution is 5.93. The Labute approximate surface area is 145 Å². The molecule has 0 unspecified atom stereocenters. The molecule has 0 N–H and O–H groups in total. The molecular weight excluding hydrogens is 316 g/mol. The van der Waals surface area contributed by atoms with Crippen LogP contribution >= 0.6 is 0 Å². The van der Waals surface area contributed by atoms with E-state index in [1.54, 1.807) is 0 Å². The minimum atomic E-state index is -0.285. The van der Waals surface area contributed by atoms with Gasteiger partial charge < -0.3 is 4.74 Å². The summed E-state index contributed by atoms with van der Waals surface area (Å²) in [5.41, 5.74) is 1.69. The largest absolute Gasteiger partial charge is 0.466 e. The average molecular weight is 336 g/mol. The van der Waals surface area contributed by atoms with E-state index in [-0.39, 0.29) is 11.5 Å². The Bertz CT molecular complexity index is 933. The summed E-state index contributed by atoms with van der Waals surface area (Å²) in [6.07, 6.45) is 1.41. The van der Waals surface area contributed by atoms with E-state index in [1.165, 1.54) is 11.6 Å². The van der Waals surface area contributed by atoms with Crippen molar-refractivity contribution >= 4 is 16.7 Å². The van der Waals surface area contributed by atoms with Gasteiger partial charge in [-0.3, -0.25) is 9.59 Å². The number of esters is 1. The lowest BCUT2D eigenvalue weighted by molar-refractivity contribution is -0.141. The quantitative estimate of drug-likeness (QED) is 0.511. The Morgan fingerprint density at radius 3 is 2.40 bits per heavy atom. The Hall–Kier alpha value is -2.95. The number of unbranched alkanes of at least 4 members (excludes halogenated alkanes) is 1. The molecule has 0 atom stereocenters. The first-order chi connectivity index (χ1) is 12.2. The summed E-state index contributed by atoms with van der Waals surface area (Å²) in [5.74, 6) is -0.285. The fraction of sp³-hybridized carbons (Fsp3) is 0.250. The fourth-order valence-corrected chi connectivity index (χ4v) is 2.78. The van der Waals surface area contributed by atoms with E-state index >= 15 is 0 Å². The Morgan fingerprint density at radius 1 is 1.00 bits per heavy atom. The van der Waals surface area contributed by atoms with Crippen molar-refractivity contribution in [3.63, 3.8) is 0 Å². The van der Waals surface area contributed by atoms with Crippen LogP contribution < -0.4 is 5.56 Å². The second kappa shape index (κ2) is 7.75. The Morgan fingerprint density at radius 2 is 1.68 bits per heavy atom. The first-order valence-electron chi connectivity index (χ1n) is 8.35. The molecule has 0 spiro atoms. The molecule has 0 fully saturated rings. The summed E-state index contributed by atoms with van der Waals surface area (Å²) in [5, 5.41) is 6.12. The Balaban J connectivity index is 1.92. The van der Waals surface area contributed by atoms with Crippen LogP contribution in [0.25, 0.3) is 22.0 Å². The van der Waals surface area contributed by atoms with Crippen molar-refractivity contribution in [3.05, 3.63) is 65.0 Å². The average Bonchev–Trinajstić information content (AvgIpc) is 2.64. The third-order valence-electron chi connectivity index (χ3n) is 3.98. The van der Waals surface area contributed by atoms with Crippen molar-refractivity contribution in [1.82, 2.24) is 9.78 Å². The molecule has 2 aromatic carbocycles. The molecule has 5 nitrogen and oxygen atoms in total. The zero-order valence-corrected chi connectivity index (χ0v) is 14.1. The number of aromatic nitrogens is 2. The lowest BCUT2D eigenvalue weighted by Gasteiger charge is -2.11. The SMILES string of the molecule is CC(=O)OCCCCn1nc(-c2ccccc2)c2ccccc2c1=O. The smallest absolute Gasteiger partial charge is 0.302 e. The summed E-state index contributed by atoms with van der Waals surface area (Å²) in [7, 11) is 0. The summed E-state index contributed by atoms with van der Waals surface area (Å²) in [4.78, 5) is 23.5. The lowest BCUT2D eigenvalue weighted by atomic mass is 10.1. The predicted octanol–water partition coefficient (Wildman–Crippen LogP) is 3.41. The van der Waals surface area contributed by atoms with Crippen LogP contribution in [-0.2, 0) is 16.1 Å². The maximum atomic E-state index is 12.7. The molecule has 0 radical (unpaired) electrons. The molecule has 0 aliphatic rings. The van der Waals surface area contributed by atoms with E-state index < -0.39 is 0 Å². The molecule has 1 aromatic heterocycles. The van der Waals surface area contributed by atoms with Gasteiger partial charge in [0.25, 0.3) is 5.56 Å². The number of aryl methyl sites for hydroxylation is 1. The third-order valence-corrected chi connectivity index (χ3v) is 3.98. The number of benzene rings is 2. The number of hydrogen-bond donors (Lipinski definition) is 0. The molecule has 0 aliphatic carbocycles. The van der Waals surface area contributed by atoms with Crippen LogP contribution in [0.2, 0.25) is 0 Å². The highest BCUT2D eigenvalue weighted by atomic mass is 16.5. The maximum Gasteiger partial charge on any atom is 0.302 e. The molecule has 25 heavy (non-hydrogen) atoms. The summed E-state index contributed by atoms with van der Waals surface area (Å²) >= 11 is 0. The standard InChI is InChI=1S/C20H20N2O3/c1-15(23)25-14-8-7-13-22-20(24)18-12-6-5-11-17(18)19(21-22)16-9-3-2-4-10-16/h2-6,9-12H,7-8,13-14H2,1H3. The number of hydrogen-bond acceptors (Lipinski definition) is 4. The number of rotatable bonds is 6. The predicted molar refractivity (Wildman–Crippen MR) is 97.3 cm³/mol. The van der Waals surface area contributed by atoms with Gasteiger partial charge in [-0.2, -0.15) is 5.10 Å². The first-order valence-corrected chi connectivity index (χ1v) is 8.35. The molecule has 128 valence electrons. The van der Waals surface area contributed by atoms with Crippen LogP contribution in [0.3, 0.4) is 0 Å². The van der Waals surface area contributed by atoms with Crippen molar-refractivity contribution in [3.8, 4) is 11.3 Å². The number of carbonyl (C=O) groups is 1. The van der Waals surface area contributed by atoms with E-state index in [0.717, 1.165) is 16.6 Å². The van der Waals surface area contributed by atoms with Crippen LogP contribution in [0.15, 0.2) is 59.4 Å². The van der Waals surface area contributed by atoms with Gasteiger partial charge in [0, 0.05) is 24.4 Å². The summed E-state index contributed by atoms with van der Waals surface area (Å²) in [6, 6.07) is 17.4. The highest BCUT2D eigenvalue weighted by Crippen LogP contribution is 2.24.